The first-order valence-corrected chi connectivity index (χ1v) is 3.34. The molecule has 0 fully saturated rings. The Balaban J connectivity index is 2.83. The van der Waals surface area contributed by atoms with Gasteiger partial charge < -0.3 is 5.73 Å². The Labute approximate surface area is 56.2 Å². The van der Waals surface area contributed by atoms with Crippen molar-refractivity contribution in [3.05, 3.63) is 23.4 Å². The van der Waals surface area contributed by atoms with Crippen LogP contribution in [-0.4, -0.2) is 0 Å². The Morgan fingerprint density at radius 3 is 2.78 bits per heavy atom. The fraction of sp³-hybridized carbons (Fsp3) is 0.500. The van der Waals surface area contributed by atoms with Crippen LogP contribution in [0.1, 0.15) is 20.3 Å². The zero-order valence-corrected chi connectivity index (χ0v) is 6.02. The van der Waals surface area contributed by atoms with Crippen molar-refractivity contribution >= 4 is 0 Å². The van der Waals surface area contributed by atoms with E-state index in [0.717, 1.165) is 12.1 Å². The van der Waals surface area contributed by atoms with Crippen LogP contribution in [0.3, 0.4) is 0 Å². The van der Waals surface area contributed by atoms with E-state index in [2.05, 4.69) is 19.9 Å². The van der Waals surface area contributed by atoms with Crippen LogP contribution in [0.25, 0.3) is 0 Å². The summed E-state index contributed by atoms with van der Waals surface area (Å²) in [4.78, 5) is 0. The Kier molecular flexibility index (Phi) is 1.60. The summed E-state index contributed by atoms with van der Waals surface area (Å²) in [6, 6.07) is 0. The maximum Gasteiger partial charge on any atom is 0.0302 e. The molecule has 0 aromatic carbocycles. The lowest BCUT2D eigenvalue weighted by molar-refractivity contribution is 0.676. The first-order valence-electron chi connectivity index (χ1n) is 3.34. The van der Waals surface area contributed by atoms with E-state index in [1.807, 2.05) is 6.08 Å². The van der Waals surface area contributed by atoms with Gasteiger partial charge in [0.15, 0.2) is 0 Å². The Morgan fingerprint density at radius 1 is 1.67 bits per heavy atom. The van der Waals surface area contributed by atoms with Gasteiger partial charge in [-0.2, -0.15) is 0 Å². The van der Waals surface area contributed by atoms with Gasteiger partial charge in [0.05, 0.1) is 0 Å². The fourth-order valence-electron chi connectivity index (χ4n) is 0.992. The molecule has 1 aliphatic rings. The molecule has 0 saturated heterocycles. The van der Waals surface area contributed by atoms with Crippen LogP contribution in [0.5, 0.6) is 0 Å². The van der Waals surface area contributed by atoms with Crippen LogP contribution >= 0.6 is 0 Å². The zero-order chi connectivity index (χ0) is 6.85. The topological polar surface area (TPSA) is 26.0 Å². The number of hydrogen-bond acceptors (Lipinski definition) is 1. The second kappa shape index (κ2) is 2.26. The Bertz CT molecular complexity index is 165. The van der Waals surface area contributed by atoms with Gasteiger partial charge in [-0.1, -0.05) is 13.0 Å². The summed E-state index contributed by atoms with van der Waals surface area (Å²) in [6.07, 6.45) is 5.27. The zero-order valence-electron chi connectivity index (χ0n) is 6.02. The van der Waals surface area contributed by atoms with Crippen molar-refractivity contribution in [2.75, 3.05) is 0 Å². The van der Waals surface area contributed by atoms with Crippen LogP contribution in [0.4, 0.5) is 0 Å². The number of allylic oxidation sites excluding steroid dienone is 3. The molecule has 1 unspecified atom stereocenters. The third kappa shape index (κ3) is 1.15. The molecule has 0 heterocycles. The second-order valence-corrected chi connectivity index (χ2v) is 2.68. The summed E-state index contributed by atoms with van der Waals surface area (Å²) >= 11 is 0. The van der Waals surface area contributed by atoms with Crippen molar-refractivity contribution < 1.29 is 0 Å². The molecule has 1 aliphatic carbocycles. The van der Waals surface area contributed by atoms with E-state index in [1.165, 1.54) is 5.57 Å². The standard InChI is InChI=1S/C8H13N/c1-6-4-3-5-8(9)7(6)2/h3,5-6H,4,9H2,1-2H3. The van der Waals surface area contributed by atoms with Gasteiger partial charge >= 0.3 is 0 Å². The summed E-state index contributed by atoms with van der Waals surface area (Å²) in [5, 5.41) is 0. The van der Waals surface area contributed by atoms with Gasteiger partial charge in [0, 0.05) is 5.70 Å². The molecule has 0 aromatic heterocycles. The van der Waals surface area contributed by atoms with Crippen LogP contribution in [0.2, 0.25) is 0 Å². The number of rotatable bonds is 0. The molecule has 1 rings (SSSR count). The highest BCUT2D eigenvalue weighted by atomic mass is 14.6. The molecule has 0 saturated carbocycles. The van der Waals surface area contributed by atoms with E-state index >= 15 is 0 Å². The van der Waals surface area contributed by atoms with Crippen molar-refractivity contribution in [3.8, 4) is 0 Å². The van der Waals surface area contributed by atoms with Gasteiger partial charge in [-0.25, -0.2) is 0 Å². The highest BCUT2D eigenvalue weighted by Crippen LogP contribution is 2.20. The van der Waals surface area contributed by atoms with Gasteiger partial charge in [-0.3, -0.25) is 0 Å². The van der Waals surface area contributed by atoms with E-state index in [9.17, 15) is 0 Å². The molecule has 0 radical (unpaired) electrons. The molecule has 1 atom stereocenters. The summed E-state index contributed by atoms with van der Waals surface area (Å²) in [6.45, 7) is 4.30. The maximum atomic E-state index is 5.66. The fourth-order valence-corrected chi connectivity index (χ4v) is 0.992. The minimum atomic E-state index is 0.648. The monoisotopic (exact) mass is 123 g/mol. The lowest BCUT2D eigenvalue weighted by Gasteiger charge is -2.15. The predicted molar refractivity (Wildman–Crippen MR) is 39.8 cm³/mol. The van der Waals surface area contributed by atoms with Crippen molar-refractivity contribution in [1.82, 2.24) is 0 Å². The molecule has 0 aliphatic heterocycles. The lowest BCUT2D eigenvalue weighted by Crippen LogP contribution is -2.08. The summed E-state index contributed by atoms with van der Waals surface area (Å²) in [5.41, 5.74) is 7.95. The van der Waals surface area contributed by atoms with E-state index in [0.29, 0.717) is 5.92 Å². The molecular formula is C8H13N. The molecule has 9 heavy (non-hydrogen) atoms. The van der Waals surface area contributed by atoms with Crippen molar-refractivity contribution in [2.24, 2.45) is 11.7 Å². The first kappa shape index (κ1) is 6.40. The van der Waals surface area contributed by atoms with Crippen LogP contribution in [-0.2, 0) is 0 Å². The molecular weight excluding hydrogens is 110 g/mol. The molecule has 50 valence electrons. The Morgan fingerprint density at radius 2 is 2.33 bits per heavy atom. The van der Waals surface area contributed by atoms with Crippen LogP contribution in [0.15, 0.2) is 23.4 Å². The number of nitrogens with two attached hydrogens (primary N) is 1. The minimum absolute atomic E-state index is 0.648. The van der Waals surface area contributed by atoms with E-state index in [4.69, 9.17) is 5.73 Å². The summed E-state index contributed by atoms with van der Waals surface area (Å²) in [7, 11) is 0. The average molecular weight is 123 g/mol. The van der Waals surface area contributed by atoms with Crippen LogP contribution in [0, 0.1) is 5.92 Å². The predicted octanol–water partition coefficient (Wildman–Crippen LogP) is 1.82. The molecule has 0 aromatic rings. The average Bonchev–Trinajstić information content (AvgIpc) is 1.83. The molecule has 0 amide bonds. The van der Waals surface area contributed by atoms with Gasteiger partial charge in [0.25, 0.3) is 0 Å². The summed E-state index contributed by atoms with van der Waals surface area (Å²) in [5.74, 6) is 0.648. The van der Waals surface area contributed by atoms with Gasteiger partial charge in [-0.15, -0.1) is 0 Å². The van der Waals surface area contributed by atoms with Gasteiger partial charge in [0.1, 0.15) is 0 Å². The number of hydrogen-bond donors (Lipinski definition) is 1. The first-order chi connectivity index (χ1) is 4.22. The molecule has 2 N–H and O–H groups in total. The third-order valence-corrected chi connectivity index (χ3v) is 1.98. The Hall–Kier alpha value is -0.720. The highest BCUT2D eigenvalue weighted by molar-refractivity contribution is 5.26. The molecule has 0 bridgehead atoms. The van der Waals surface area contributed by atoms with Crippen molar-refractivity contribution in [3.63, 3.8) is 0 Å². The molecule has 1 heteroatoms. The smallest absolute Gasteiger partial charge is 0.0302 e. The third-order valence-electron chi connectivity index (χ3n) is 1.98. The quantitative estimate of drug-likeness (QED) is 0.522. The summed E-state index contributed by atoms with van der Waals surface area (Å²) < 4.78 is 0. The van der Waals surface area contributed by atoms with Gasteiger partial charge in [0.2, 0.25) is 0 Å². The van der Waals surface area contributed by atoms with Crippen molar-refractivity contribution in [2.45, 2.75) is 20.3 Å². The largest absolute Gasteiger partial charge is 0.399 e. The van der Waals surface area contributed by atoms with E-state index in [-0.39, 0.29) is 0 Å². The molecule has 0 spiro atoms. The minimum Gasteiger partial charge on any atom is -0.399 e. The SMILES string of the molecule is CC1=C(N)C=CCC1C. The molecule has 1 nitrogen and oxygen atoms in total. The highest BCUT2D eigenvalue weighted by Gasteiger charge is 2.07. The van der Waals surface area contributed by atoms with E-state index in [1.54, 1.807) is 0 Å². The normalized spacial score (nSPS) is 27.1. The van der Waals surface area contributed by atoms with E-state index < -0.39 is 0 Å². The maximum absolute atomic E-state index is 5.66. The van der Waals surface area contributed by atoms with Crippen LogP contribution < -0.4 is 5.73 Å². The van der Waals surface area contributed by atoms with Gasteiger partial charge in [-0.05, 0) is 30.9 Å². The second-order valence-electron chi connectivity index (χ2n) is 2.68. The van der Waals surface area contributed by atoms with Crippen molar-refractivity contribution in [1.29, 1.82) is 0 Å². The lowest BCUT2D eigenvalue weighted by atomic mass is 9.93.